The van der Waals surface area contributed by atoms with Crippen LogP contribution in [0.3, 0.4) is 0 Å². The van der Waals surface area contributed by atoms with Gasteiger partial charge in [0.2, 0.25) is 0 Å². The van der Waals surface area contributed by atoms with Crippen molar-refractivity contribution in [1.82, 2.24) is 19.8 Å². The molecule has 0 spiro atoms. The maximum atomic E-state index is 14.9. The number of carboxylic acid groups (broad SMARTS) is 1. The summed E-state index contributed by atoms with van der Waals surface area (Å²) in [5, 5.41) is 14.1. The van der Waals surface area contributed by atoms with Crippen molar-refractivity contribution in [2.24, 2.45) is 0 Å². The van der Waals surface area contributed by atoms with Gasteiger partial charge in [-0.2, -0.15) is 0 Å². The Bertz CT molecular complexity index is 2120. The number of rotatable bonds is 11. The zero-order chi connectivity index (χ0) is 36.0. The number of thiazole rings is 2. The second-order valence-corrected chi connectivity index (χ2v) is 14.8. The van der Waals surface area contributed by atoms with Gasteiger partial charge in [-0.25, -0.2) is 19.2 Å². The van der Waals surface area contributed by atoms with Crippen molar-refractivity contribution in [2.75, 3.05) is 62.6 Å². The maximum Gasteiger partial charge on any atom is 0.355 e. The van der Waals surface area contributed by atoms with Crippen LogP contribution in [0.15, 0.2) is 60.7 Å². The summed E-state index contributed by atoms with van der Waals surface area (Å²) in [5.74, 6) is 4.55. The average Bonchev–Trinajstić information content (AvgIpc) is 3.78. The van der Waals surface area contributed by atoms with Crippen LogP contribution in [0.25, 0.3) is 10.2 Å². The van der Waals surface area contributed by atoms with E-state index in [4.69, 9.17) is 4.74 Å². The molecule has 2 N–H and O–H groups in total. The Balaban J connectivity index is 0.949. The fraction of sp³-hybridized carbons (Fsp3) is 0.333. The summed E-state index contributed by atoms with van der Waals surface area (Å²) in [6, 6.07) is 18.2. The van der Waals surface area contributed by atoms with Gasteiger partial charge in [-0.1, -0.05) is 54.4 Å². The summed E-state index contributed by atoms with van der Waals surface area (Å²) in [4.78, 5) is 42.1. The highest BCUT2D eigenvalue weighted by Crippen LogP contribution is 2.33. The van der Waals surface area contributed by atoms with Gasteiger partial charge >= 0.3 is 5.97 Å². The number of carboxylic acids is 1. The number of amides is 1. The van der Waals surface area contributed by atoms with E-state index in [0.29, 0.717) is 65.2 Å². The van der Waals surface area contributed by atoms with Crippen LogP contribution in [0.4, 0.5) is 14.7 Å². The zero-order valence-electron chi connectivity index (χ0n) is 28.9. The van der Waals surface area contributed by atoms with Gasteiger partial charge in [0.1, 0.15) is 0 Å². The lowest BCUT2D eigenvalue weighted by Crippen LogP contribution is -2.46. The largest absolute Gasteiger partial charge is 0.491 e. The molecule has 10 nitrogen and oxygen atoms in total. The van der Waals surface area contributed by atoms with E-state index >= 15 is 0 Å². The van der Waals surface area contributed by atoms with Gasteiger partial charge in [0, 0.05) is 55.3 Å². The standard InChI is InChI=1S/C39H39FN6O4S2/c1-2-44-19-21-45(22-20-44)17-6-8-26-14-15-32(30(40)24-26)50-23-7-13-34-35(37(48)49)42-39(52-34)46-18-16-27-9-5-10-28(29(27)25-46)36(47)43-38-41-31-11-3-4-12-33(31)51-38/h3-5,9-12,14-15,24H,2,7,13,16-23,25H2,1H3,(H,48,49)(H,41,43,47). The lowest BCUT2D eigenvalue weighted by Gasteiger charge is -2.32. The molecule has 1 fully saturated rings. The number of fused-ring (bicyclic) bond motifs is 2. The first kappa shape index (κ1) is 35.5. The number of nitrogens with one attached hydrogen (secondary N) is 1. The van der Waals surface area contributed by atoms with Gasteiger partial charge in [0.15, 0.2) is 27.5 Å². The minimum absolute atomic E-state index is 0.00834. The number of piperazine rings is 1. The molecule has 0 saturated carbocycles. The minimum Gasteiger partial charge on any atom is -0.491 e. The second kappa shape index (κ2) is 16.2. The minimum atomic E-state index is -1.10. The van der Waals surface area contributed by atoms with Gasteiger partial charge in [0.05, 0.1) is 23.4 Å². The van der Waals surface area contributed by atoms with Crippen LogP contribution >= 0.6 is 22.7 Å². The number of benzene rings is 3. The Kier molecular flexibility index (Phi) is 11.1. The van der Waals surface area contributed by atoms with Crippen molar-refractivity contribution in [2.45, 2.75) is 32.7 Å². The first-order valence-corrected chi connectivity index (χ1v) is 19.1. The third-order valence-corrected chi connectivity index (χ3v) is 11.5. The third-order valence-electron chi connectivity index (χ3n) is 9.38. The molecule has 2 aliphatic rings. The van der Waals surface area contributed by atoms with Crippen molar-refractivity contribution < 1.29 is 23.8 Å². The Morgan fingerprint density at radius 1 is 1.00 bits per heavy atom. The summed E-state index contributed by atoms with van der Waals surface area (Å²) in [6.07, 6.45) is 1.58. The number of aryl methyl sites for hydroxylation is 1. The lowest BCUT2D eigenvalue weighted by molar-refractivity contribution is 0.0690. The fourth-order valence-electron chi connectivity index (χ4n) is 6.49. The van der Waals surface area contributed by atoms with Crippen molar-refractivity contribution in [3.8, 4) is 17.6 Å². The average molecular weight is 739 g/mol. The zero-order valence-corrected chi connectivity index (χ0v) is 30.5. The number of ether oxygens (including phenoxy) is 1. The molecular weight excluding hydrogens is 700 g/mol. The number of hydrogen-bond acceptors (Lipinski definition) is 10. The summed E-state index contributed by atoms with van der Waals surface area (Å²) < 4.78 is 21.6. The molecule has 1 amide bonds. The van der Waals surface area contributed by atoms with Crippen molar-refractivity contribution >= 4 is 55.0 Å². The topological polar surface area (TPSA) is 111 Å². The molecule has 0 aliphatic carbocycles. The predicted molar refractivity (Wildman–Crippen MR) is 203 cm³/mol. The highest BCUT2D eigenvalue weighted by Gasteiger charge is 2.27. The molecule has 13 heteroatoms. The number of aromatic nitrogens is 2. The van der Waals surface area contributed by atoms with Gasteiger partial charge in [-0.15, -0.1) is 11.3 Å². The van der Waals surface area contributed by atoms with Crippen molar-refractivity contribution in [1.29, 1.82) is 0 Å². The van der Waals surface area contributed by atoms with Gasteiger partial charge in [0.25, 0.3) is 5.91 Å². The SMILES string of the molecule is CCN1CCN(CC#Cc2ccc(OCCCc3sc(N4CCc5cccc(C(=O)Nc6nc7ccccc7s6)c5C4)nc3C(=O)O)c(F)c2)CC1. The molecule has 0 bridgehead atoms. The summed E-state index contributed by atoms with van der Waals surface area (Å²) in [6.45, 7) is 9.23. The summed E-state index contributed by atoms with van der Waals surface area (Å²) in [7, 11) is 0. The summed E-state index contributed by atoms with van der Waals surface area (Å²) >= 11 is 2.76. The highest BCUT2D eigenvalue weighted by molar-refractivity contribution is 7.22. The van der Waals surface area contributed by atoms with Gasteiger partial charge in [-0.3, -0.25) is 15.0 Å². The molecule has 268 valence electrons. The number of nitrogens with zero attached hydrogens (tertiary/aromatic N) is 5. The van der Waals surface area contributed by atoms with E-state index in [-0.39, 0.29) is 24.0 Å². The monoisotopic (exact) mass is 738 g/mol. The molecule has 0 radical (unpaired) electrons. The number of halogens is 1. The molecule has 7 rings (SSSR count). The molecule has 0 atom stereocenters. The number of aromatic carboxylic acids is 1. The van der Waals surface area contributed by atoms with E-state index in [1.54, 1.807) is 18.2 Å². The van der Waals surface area contributed by atoms with E-state index in [1.807, 2.05) is 41.3 Å². The van der Waals surface area contributed by atoms with E-state index in [9.17, 15) is 19.1 Å². The van der Waals surface area contributed by atoms with Crippen LogP contribution in [-0.2, 0) is 19.4 Å². The Morgan fingerprint density at radius 3 is 2.62 bits per heavy atom. The lowest BCUT2D eigenvalue weighted by atomic mass is 9.94. The van der Waals surface area contributed by atoms with Crippen LogP contribution in [0.5, 0.6) is 5.75 Å². The van der Waals surface area contributed by atoms with E-state index in [2.05, 4.69) is 43.8 Å². The molecule has 0 unspecified atom stereocenters. The predicted octanol–water partition coefficient (Wildman–Crippen LogP) is 6.41. The molecule has 1 saturated heterocycles. The Labute approximate surface area is 309 Å². The van der Waals surface area contributed by atoms with Gasteiger partial charge < -0.3 is 19.6 Å². The van der Waals surface area contributed by atoms with Crippen LogP contribution in [0.2, 0.25) is 0 Å². The maximum absolute atomic E-state index is 14.9. The van der Waals surface area contributed by atoms with Crippen molar-refractivity contribution in [3.05, 3.63) is 99.3 Å². The summed E-state index contributed by atoms with van der Waals surface area (Å²) in [5.41, 5.74) is 3.96. The fourth-order valence-corrected chi connectivity index (χ4v) is 8.46. The molecule has 5 aromatic rings. The van der Waals surface area contributed by atoms with E-state index in [0.717, 1.165) is 54.1 Å². The Hall–Kier alpha value is -4.87. The quantitative estimate of drug-likeness (QED) is 0.117. The number of carbonyl (C=O) groups excluding carboxylic acids is 1. The van der Waals surface area contributed by atoms with Crippen LogP contribution < -0.4 is 15.0 Å². The molecule has 2 aliphatic heterocycles. The number of para-hydroxylation sites is 1. The van der Waals surface area contributed by atoms with Crippen molar-refractivity contribution in [3.63, 3.8) is 0 Å². The molecule has 52 heavy (non-hydrogen) atoms. The van der Waals surface area contributed by atoms with Crippen LogP contribution in [-0.4, -0.2) is 89.2 Å². The first-order valence-electron chi connectivity index (χ1n) is 17.5. The number of carbonyl (C=O) groups is 2. The first-order chi connectivity index (χ1) is 25.3. The number of anilines is 2. The second-order valence-electron chi connectivity index (χ2n) is 12.7. The molecule has 3 aromatic carbocycles. The highest BCUT2D eigenvalue weighted by atomic mass is 32.1. The smallest absolute Gasteiger partial charge is 0.355 e. The molecule has 4 heterocycles. The number of hydrogen-bond donors (Lipinski definition) is 2. The normalized spacial score (nSPS) is 14.8. The van der Waals surface area contributed by atoms with E-state index < -0.39 is 11.8 Å². The van der Waals surface area contributed by atoms with Gasteiger partial charge in [-0.05, 0) is 73.3 Å². The third kappa shape index (κ3) is 8.26. The van der Waals surface area contributed by atoms with Crippen LogP contribution in [0.1, 0.15) is 55.8 Å². The molecular formula is C39H39FN6O4S2. The number of likely N-dealkylation sites (N-methyl/N-ethyl adjacent to an activating group) is 1. The Morgan fingerprint density at radius 2 is 1.83 bits per heavy atom. The van der Waals surface area contributed by atoms with Crippen LogP contribution in [0, 0.1) is 17.7 Å². The molecule has 2 aromatic heterocycles. The van der Waals surface area contributed by atoms with E-state index in [1.165, 1.54) is 28.7 Å².